The van der Waals surface area contributed by atoms with E-state index in [9.17, 15) is 9.90 Å². The van der Waals surface area contributed by atoms with Crippen molar-refractivity contribution in [3.8, 4) is 5.75 Å². The van der Waals surface area contributed by atoms with Crippen molar-refractivity contribution in [2.24, 2.45) is 0 Å². The zero-order valence-corrected chi connectivity index (χ0v) is 8.73. The van der Waals surface area contributed by atoms with Crippen LogP contribution >= 0.6 is 22.9 Å². The number of benzene rings is 1. The first-order chi connectivity index (χ1) is 6.77. The van der Waals surface area contributed by atoms with Gasteiger partial charge >= 0.3 is 0 Å². The molecule has 1 N–H and O–H groups in total. The minimum Gasteiger partial charge on any atom is -0.506 e. The van der Waals surface area contributed by atoms with E-state index in [2.05, 4.69) is 0 Å². The van der Waals surface area contributed by atoms with Gasteiger partial charge in [0.15, 0.2) is 6.29 Å². The maximum absolute atomic E-state index is 10.7. The van der Waals surface area contributed by atoms with Crippen LogP contribution in [0.1, 0.15) is 15.9 Å². The van der Waals surface area contributed by atoms with E-state index in [0.29, 0.717) is 16.8 Å². The molecule has 0 fully saturated rings. The van der Waals surface area contributed by atoms with E-state index in [0.717, 1.165) is 16.5 Å². The van der Waals surface area contributed by atoms with Gasteiger partial charge < -0.3 is 5.11 Å². The Morgan fingerprint density at radius 2 is 2.29 bits per heavy atom. The molecular weight excluding hydrogens is 220 g/mol. The summed E-state index contributed by atoms with van der Waals surface area (Å²) >= 11 is 7.09. The van der Waals surface area contributed by atoms with Gasteiger partial charge in [0.05, 0.1) is 0 Å². The van der Waals surface area contributed by atoms with Gasteiger partial charge in [-0.05, 0) is 11.6 Å². The molecule has 1 heterocycles. The SMILES string of the molecule is O=Cc1ccc(CCl)c2c(O)csc12. The number of aromatic hydroxyl groups is 1. The monoisotopic (exact) mass is 226 g/mol. The molecule has 0 saturated carbocycles. The van der Waals surface area contributed by atoms with Gasteiger partial charge in [-0.3, -0.25) is 4.79 Å². The summed E-state index contributed by atoms with van der Waals surface area (Å²) in [5.41, 5.74) is 1.45. The highest BCUT2D eigenvalue weighted by molar-refractivity contribution is 7.18. The lowest BCUT2D eigenvalue weighted by Gasteiger charge is -2.00. The Bertz CT molecular complexity index is 490. The van der Waals surface area contributed by atoms with Crippen molar-refractivity contribution in [2.75, 3.05) is 0 Å². The molecule has 1 aromatic carbocycles. The van der Waals surface area contributed by atoms with E-state index >= 15 is 0 Å². The molecule has 0 amide bonds. The Morgan fingerprint density at radius 3 is 2.93 bits per heavy atom. The Labute approximate surface area is 89.7 Å². The Balaban J connectivity index is 2.87. The van der Waals surface area contributed by atoms with Crippen LogP contribution in [0.3, 0.4) is 0 Å². The molecule has 4 heteroatoms. The normalized spacial score (nSPS) is 10.6. The van der Waals surface area contributed by atoms with Gasteiger partial charge in [0.2, 0.25) is 0 Å². The van der Waals surface area contributed by atoms with E-state index in [1.165, 1.54) is 11.3 Å². The lowest BCUT2D eigenvalue weighted by Crippen LogP contribution is -1.84. The number of alkyl halides is 1. The topological polar surface area (TPSA) is 37.3 Å². The van der Waals surface area contributed by atoms with E-state index in [1.807, 2.05) is 0 Å². The van der Waals surface area contributed by atoms with E-state index in [1.54, 1.807) is 17.5 Å². The maximum atomic E-state index is 10.7. The highest BCUT2D eigenvalue weighted by atomic mass is 35.5. The number of carbonyl (C=O) groups excluding carboxylic acids is 1. The number of hydrogen-bond donors (Lipinski definition) is 1. The molecule has 0 aliphatic rings. The van der Waals surface area contributed by atoms with Crippen molar-refractivity contribution in [1.82, 2.24) is 0 Å². The number of hydrogen-bond acceptors (Lipinski definition) is 3. The number of rotatable bonds is 2. The molecule has 0 aliphatic heterocycles. The molecule has 0 unspecified atom stereocenters. The maximum Gasteiger partial charge on any atom is 0.151 e. The molecule has 1 aromatic heterocycles. The summed E-state index contributed by atoms with van der Waals surface area (Å²) < 4.78 is 0.802. The predicted molar refractivity (Wildman–Crippen MR) is 58.4 cm³/mol. The molecule has 2 aromatic rings. The Hall–Kier alpha value is -1.06. The number of carbonyl (C=O) groups is 1. The number of halogens is 1. The van der Waals surface area contributed by atoms with E-state index in [4.69, 9.17) is 11.6 Å². The standard InChI is InChI=1S/C10H7ClO2S/c11-3-6-1-2-7(4-12)10-9(6)8(13)5-14-10/h1-2,4-5,13H,3H2. The first-order valence-corrected chi connectivity index (χ1v) is 5.42. The third-order valence-electron chi connectivity index (χ3n) is 2.09. The van der Waals surface area contributed by atoms with Gasteiger partial charge in [0.1, 0.15) is 5.75 Å². The highest BCUT2D eigenvalue weighted by Gasteiger charge is 2.10. The number of fused-ring (bicyclic) bond motifs is 1. The van der Waals surface area contributed by atoms with Crippen LogP contribution < -0.4 is 0 Å². The summed E-state index contributed by atoms with van der Waals surface area (Å²) in [6, 6.07) is 3.49. The summed E-state index contributed by atoms with van der Waals surface area (Å²) in [6.07, 6.45) is 0.788. The van der Waals surface area contributed by atoms with Gasteiger partial charge in [-0.25, -0.2) is 0 Å². The predicted octanol–water partition coefficient (Wildman–Crippen LogP) is 3.16. The minimum atomic E-state index is 0.198. The summed E-state index contributed by atoms with van der Waals surface area (Å²) in [4.78, 5) is 10.7. The van der Waals surface area contributed by atoms with Crippen molar-refractivity contribution < 1.29 is 9.90 Å². The summed E-state index contributed by atoms with van der Waals surface area (Å²) in [6.45, 7) is 0. The van der Waals surface area contributed by atoms with Crippen LogP contribution in [0.5, 0.6) is 5.75 Å². The smallest absolute Gasteiger partial charge is 0.151 e. The summed E-state index contributed by atoms with van der Waals surface area (Å²) in [7, 11) is 0. The van der Waals surface area contributed by atoms with Crippen LogP contribution in [0.4, 0.5) is 0 Å². The average molecular weight is 227 g/mol. The highest BCUT2D eigenvalue weighted by Crippen LogP contribution is 2.36. The molecule has 0 aliphatic carbocycles. The number of aldehydes is 1. The fraction of sp³-hybridized carbons (Fsp3) is 0.100. The molecule has 0 spiro atoms. The zero-order chi connectivity index (χ0) is 10.1. The minimum absolute atomic E-state index is 0.198. The largest absolute Gasteiger partial charge is 0.506 e. The summed E-state index contributed by atoms with van der Waals surface area (Å²) in [5.74, 6) is 0.532. The van der Waals surface area contributed by atoms with Crippen molar-refractivity contribution >= 4 is 39.3 Å². The zero-order valence-electron chi connectivity index (χ0n) is 7.16. The molecule has 72 valence electrons. The van der Waals surface area contributed by atoms with Crippen molar-refractivity contribution in [3.63, 3.8) is 0 Å². The fourth-order valence-corrected chi connectivity index (χ4v) is 2.60. The lowest BCUT2D eigenvalue weighted by molar-refractivity contribution is 0.112. The quantitative estimate of drug-likeness (QED) is 0.631. The first kappa shape index (κ1) is 9.49. The second kappa shape index (κ2) is 3.59. The molecule has 2 rings (SSSR count). The third-order valence-corrected chi connectivity index (χ3v) is 3.39. The van der Waals surface area contributed by atoms with Crippen LogP contribution in [-0.4, -0.2) is 11.4 Å². The summed E-state index contributed by atoms with van der Waals surface area (Å²) in [5, 5.41) is 11.9. The van der Waals surface area contributed by atoms with E-state index in [-0.39, 0.29) is 5.75 Å². The second-order valence-electron chi connectivity index (χ2n) is 2.89. The van der Waals surface area contributed by atoms with Gasteiger partial charge in [-0.1, -0.05) is 6.07 Å². The van der Waals surface area contributed by atoms with Gasteiger partial charge in [0, 0.05) is 26.9 Å². The Kier molecular flexibility index (Phi) is 2.44. The van der Waals surface area contributed by atoms with Crippen molar-refractivity contribution in [1.29, 1.82) is 0 Å². The Morgan fingerprint density at radius 1 is 1.50 bits per heavy atom. The van der Waals surface area contributed by atoms with Crippen LogP contribution in [0.2, 0.25) is 0 Å². The third kappa shape index (κ3) is 1.29. The molecule has 0 bridgehead atoms. The van der Waals surface area contributed by atoms with Crippen molar-refractivity contribution in [3.05, 3.63) is 28.6 Å². The molecule has 14 heavy (non-hydrogen) atoms. The second-order valence-corrected chi connectivity index (χ2v) is 4.04. The van der Waals surface area contributed by atoms with Crippen molar-refractivity contribution in [2.45, 2.75) is 5.88 Å². The molecule has 0 saturated heterocycles. The molecule has 2 nitrogen and oxygen atoms in total. The van der Waals surface area contributed by atoms with E-state index < -0.39 is 0 Å². The lowest BCUT2D eigenvalue weighted by atomic mass is 10.1. The molecule has 0 radical (unpaired) electrons. The average Bonchev–Trinajstić information content (AvgIpc) is 2.60. The van der Waals surface area contributed by atoms with Crippen LogP contribution in [0, 0.1) is 0 Å². The fourth-order valence-electron chi connectivity index (χ4n) is 1.43. The van der Waals surface area contributed by atoms with Gasteiger partial charge in [0.25, 0.3) is 0 Å². The molecule has 0 atom stereocenters. The van der Waals surface area contributed by atoms with Crippen LogP contribution in [0.25, 0.3) is 10.1 Å². The van der Waals surface area contributed by atoms with Crippen LogP contribution in [-0.2, 0) is 5.88 Å². The van der Waals surface area contributed by atoms with Gasteiger partial charge in [-0.15, -0.1) is 22.9 Å². The number of thiophene rings is 1. The van der Waals surface area contributed by atoms with Gasteiger partial charge in [-0.2, -0.15) is 0 Å². The molecular formula is C10H7ClO2S. The van der Waals surface area contributed by atoms with Crippen LogP contribution in [0.15, 0.2) is 17.5 Å². The first-order valence-electron chi connectivity index (χ1n) is 4.01.